The normalized spacial score (nSPS) is 11.8. The molecule has 0 aromatic heterocycles. The fourth-order valence-corrected chi connectivity index (χ4v) is 2.46. The number of hydrogen-bond donors (Lipinski definition) is 1. The summed E-state index contributed by atoms with van der Waals surface area (Å²) >= 11 is 0. The zero-order chi connectivity index (χ0) is 13.6. The molecule has 102 valence electrons. The first kappa shape index (κ1) is 15.2. The van der Waals surface area contributed by atoms with Crippen molar-refractivity contribution < 1.29 is 4.39 Å². The summed E-state index contributed by atoms with van der Waals surface area (Å²) in [6, 6.07) is 5.15. The van der Waals surface area contributed by atoms with E-state index in [0.29, 0.717) is 5.41 Å². The molecule has 0 atom stereocenters. The molecular weight excluding hydrogens is 225 g/mol. The standard InChI is InChI=1S/C16H26FN/c1-5-16(6-2,12-18-7-3)11-14-8-9-15(17)10-13(14)4/h8-10,18H,5-7,11-12H2,1-4H3. The van der Waals surface area contributed by atoms with Crippen LogP contribution in [0.4, 0.5) is 4.39 Å². The second-order valence-corrected chi connectivity index (χ2v) is 5.24. The van der Waals surface area contributed by atoms with Crippen molar-refractivity contribution in [3.8, 4) is 0 Å². The molecule has 1 N–H and O–H groups in total. The van der Waals surface area contributed by atoms with Gasteiger partial charge in [0.25, 0.3) is 0 Å². The van der Waals surface area contributed by atoms with Crippen molar-refractivity contribution in [2.45, 2.75) is 47.0 Å². The van der Waals surface area contributed by atoms with E-state index >= 15 is 0 Å². The van der Waals surface area contributed by atoms with Crippen LogP contribution in [0, 0.1) is 18.2 Å². The number of aryl methyl sites for hydroxylation is 1. The van der Waals surface area contributed by atoms with E-state index < -0.39 is 0 Å². The number of benzene rings is 1. The molecule has 0 unspecified atom stereocenters. The van der Waals surface area contributed by atoms with Gasteiger partial charge in [-0.25, -0.2) is 4.39 Å². The van der Waals surface area contributed by atoms with Crippen molar-refractivity contribution in [3.05, 3.63) is 35.1 Å². The van der Waals surface area contributed by atoms with Crippen LogP contribution < -0.4 is 5.32 Å². The Morgan fingerprint density at radius 3 is 2.33 bits per heavy atom. The molecule has 1 aromatic carbocycles. The number of nitrogens with one attached hydrogen (secondary N) is 1. The molecule has 18 heavy (non-hydrogen) atoms. The Morgan fingerprint density at radius 1 is 1.17 bits per heavy atom. The lowest BCUT2D eigenvalue weighted by molar-refractivity contribution is 0.248. The van der Waals surface area contributed by atoms with E-state index in [9.17, 15) is 4.39 Å². The van der Waals surface area contributed by atoms with Crippen LogP contribution in [0.3, 0.4) is 0 Å². The second-order valence-electron chi connectivity index (χ2n) is 5.24. The van der Waals surface area contributed by atoms with Crippen molar-refractivity contribution in [1.82, 2.24) is 5.32 Å². The van der Waals surface area contributed by atoms with E-state index in [1.54, 1.807) is 12.1 Å². The summed E-state index contributed by atoms with van der Waals surface area (Å²) in [6.45, 7) is 10.7. The number of halogens is 1. The summed E-state index contributed by atoms with van der Waals surface area (Å²) in [6.07, 6.45) is 3.32. The monoisotopic (exact) mass is 251 g/mol. The molecule has 1 rings (SSSR count). The molecule has 1 aromatic rings. The van der Waals surface area contributed by atoms with Gasteiger partial charge in [0.05, 0.1) is 0 Å². The number of hydrogen-bond acceptors (Lipinski definition) is 1. The summed E-state index contributed by atoms with van der Waals surface area (Å²) in [5.74, 6) is -0.137. The summed E-state index contributed by atoms with van der Waals surface area (Å²) in [5, 5.41) is 3.47. The lowest BCUT2D eigenvalue weighted by Crippen LogP contribution is -2.35. The van der Waals surface area contributed by atoms with Gasteiger partial charge in [-0.2, -0.15) is 0 Å². The van der Waals surface area contributed by atoms with Crippen molar-refractivity contribution in [3.63, 3.8) is 0 Å². The molecule has 0 saturated carbocycles. The Hall–Kier alpha value is -0.890. The topological polar surface area (TPSA) is 12.0 Å². The highest BCUT2D eigenvalue weighted by Gasteiger charge is 2.26. The van der Waals surface area contributed by atoms with Crippen molar-refractivity contribution in [2.24, 2.45) is 5.41 Å². The average molecular weight is 251 g/mol. The van der Waals surface area contributed by atoms with Gasteiger partial charge in [0.1, 0.15) is 5.82 Å². The van der Waals surface area contributed by atoms with E-state index in [1.165, 1.54) is 5.56 Å². The van der Waals surface area contributed by atoms with Crippen LogP contribution >= 0.6 is 0 Å². The first-order valence-corrected chi connectivity index (χ1v) is 7.02. The van der Waals surface area contributed by atoms with Crippen LogP contribution in [0.15, 0.2) is 18.2 Å². The molecule has 0 amide bonds. The van der Waals surface area contributed by atoms with Gasteiger partial charge >= 0.3 is 0 Å². The Balaban J connectivity index is 2.88. The van der Waals surface area contributed by atoms with Gasteiger partial charge in [0.2, 0.25) is 0 Å². The van der Waals surface area contributed by atoms with Crippen LogP contribution in [0.5, 0.6) is 0 Å². The molecule has 0 bridgehead atoms. The van der Waals surface area contributed by atoms with Crippen molar-refractivity contribution >= 4 is 0 Å². The largest absolute Gasteiger partial charge is 0.316 e. The Morgan fingerprint density at radius 2 is 1.83 bits per heavy atom. The van der Waals surface area contributed by atoms with Crippen LogP contribution in [0.2, 0.25) is 0 Å². The average Bonchev–Trinajstić information content (AvgIpc) is 2.37. The molecule has 0 aliphatic heterocycles. The van der Waals surface area contributed by atoms with E-state index in [4.69, 9.17) is 0 Å². The minimum absolute atomic E-state index is 0.137. The zero-order valence-corrected chi connectivity index (χ0v) is 12.1. The van der Waals surface area contributed by atoms with Crippen LogP contribution in [-0.4, -0.2) is 13.1 Å². The predicted molar refractivity (Wildman–Crippen MR) is 76.4 cm³/mol. The third kappa shape index (κ3) is 3.81. The van der Waals surface area contributed by atoms with E-state index in [2.05, 4.69) is 26.1 Å². The van der Waals surface area contributed by atoms with Crippen LogP contribution in [0.1, 0.15) is 44.7 Å². The predicted octanol–water partition coefficient (Wildman–Crippen LogP) is 4.09. The second kappa shape index (κ2) is 6.89. The molecule has 0 saturated heterocycles. The first-order chi connectivity index (χ1) is 8.56. The minimum atomic E-state index is -0.137. The molecule has 0 aliphatic rings. The van der Waals surface area contributed by atoms with Gasteiger partial charge in [-0.15, -0.1) is 0 Å². The van der Waals surface area contributed by atoms with Crippen LogP contribution in [-0.2, 0) is 6.42 Å². The molecule has 0 radical (unpaired) electrons. The third-order valence-electron chi connectivity index (χ3n) is 4.12. The highest BCUT2D eigenvalue weighted by molar-refractivity contribution is 5.27. The van der Waals surface area contributed by atoms with Crippen molar-refractivity contribution in [2.75, 3.05) is 13.1 Å². The SMILES string of the molecule is CCNCC(CC)(CC)Cc1ccc(F)cc1C. The molecule has 2 heteroatoms. The smallest absolute Gasteiger partial charge is 0.123 e. The quantitative estimate of drug-likeness (QED) is 0.769. The third-order valence-corrected chi connectivity index (χ3v) is 4.12. The van der Waals surface area contributed by atoms with Gasteiger partial charge in [-0.05, 0) is 61.4 Å². The zero-order valence-electron chi connectivity index (χ0n) is 12.1. The molecule has 0 heterocycles. The number of rotatable bonds is 7. The molecule has 0 aliphatic carbocycles. The summed E-state index contributed by atoms with van der Waals surface area (Å²) in [5.41, 5.74) is 2.63. The van der Waals surface area contributed by atoms with E-state index in [-0.39, 0.29) is 5.82 Å². The lowest BCUT2D eigenvalue weighted by Gasteiger charge is -2.33. The van der Waals surface area contributed by atoms with Gasteiger partial charge in [-0.1, -0.05) is 26.8 Å². The highest BCUT2D eigenvalue weighted by Crippen LogP contribution is 2.31. The summed E-state index contributed by atoms with van der Waals surface area (Å²) < 4.78 is 13.1. The van der Waals surface area contributed by atoms with E-state index in [1.807, 2.05) is 13.0 Å². The fourth-order valence-electron chi connectivity index (χ4n) is 2.46. The lowest BCUT2D eigenvalue weighted by atomic mass is 9.76. The maximum atomic E-state index is 13.1. The highest BCUT2D eigenvalue weighted by atomic mass is 19.1. The molecular formula is C16H26FN. The summed E-state index contributed by atoms with van der Waals surface area (Å²) in [4.78, 5) is 0. The maximum Gasteiger partial charge on any atom is 0.123 e. The first-order valence-electron chi connectivity index (χ1n) is 7.02. The Bertz CT molecular complexity index is 369. The minimum Gasteiger partial charge on any atom is -0.316 e. The van der Waals surface area contributed by atoms with Gasteiger partial charge < -0.3 is 5.32 Å². The fraction of sp³-hybridized carbons (Fsp3) is 0.625. The Labute approximate surface area is 111 Å². The van der Waals surface area contributed by atoms with Crippen LogP contribution in [0.25, 0.3) is 0 Å². The maximum absolute atomic E-state index is 13.1. The van der Waals surface area contributed by atoms with Crippen molar-refractivity contribution in [1.29, 1.82) is 0 Å². The van der Waals surface area contributed by atoms with Gasteiger partial charge in [-0.3, -0.25) is 0 Å². The Kier molecular flexibility index (Phi) is 5.80. The van der Waals surface area contributed by atoms with Gasteiger partial charge in [0.15, 0.2) is 0 Å². The van der Waals surface area contributed by atoms with E-state index in [0.717, 1.165) is 37.9 Å². The molecule has 1 nitrogen and oxygen atoms in total. The summed E-state index contributed by atoms with van der Waals surface area (Å²) in [7, 11) is 0. The van der Waals surface area contributed by atoms with Gasteiger partial charge in [0, 0.05) is 6.54 Å². The molecule has 0 fully saturated rings. The molecule has 0 spiro atoms.